The van der Waals surface area contributed by atoms with Gasteiger partial charge in [0.15, 0.2) is 0 Å². The monoisotopic (exact) mass is 412 g/mol. The standard InChI is InChI=1S/C21H17FN2O4S/c1-28-17-10-8-14(9-11-17)4-2-7-18-20(26)24(21(27)29-18)13-19(25)23-16-6-3-5-15(22)12-16/h2-12H,13H2,1H3,(H,23,25)/b4-2+,18-7+. The number of amides is 3. The Morgan fingerprint density at radius 3 is 2.66 bits per heavy atom. The second-order valence-corrected chi connectivity index (χ2v) is 6.97. The number of halogens is 1. The van der Waals surface area contributed by atoms with Gasteiger partial charge in [0.25, 0.3) is 11.1 Å². The van der Waals surface area contributed by atoms with Crippen LogP contribution in [0.2, 0.25) is 0 Å². The number of nitrogens with zero attached hydrogens (tertiary/aromatic N) is 1. The highest BCUT2D eigenvalue weighted by Crippen LogP contribution is 2.30. The van der Waals surface area contributed by atoms with E-state index in [1.807, 2.05) is 24.3 Å². The average molecular weight is 412 g/mol. The van der Waals surface area contributed by atoms with Gasteiger partial charge in [-0.2, -0.15) is 0 Å². The molecule has 2 aromatic carbocycles. The molecule has 0 bridgehead atoms. The van der Waals surface area contributed by atoms with Gasteiger partial charge in [-0.3, -0.25) is 19.3 Å². The van der Waals surface area contributed by atoms with Gasteiger partial charge < -0.3 is 10.1 Å². The number of nitrogens with one attached hydrogen (secondary N) is 1. The third-order valence-electron chi connectivity index (χ3n) is 3.94. The Bertz CT molecular complexity index is 1000. The molecule has 1 aliphatic heterocycles. The van der Waals surface area contributed by atoms with Crippen molar-refractivity contribution in [3.63, 3.8) is 0 Å². The lowest BCUT2D eigenvalue weighted by atomic mass is 10.2. The number of methoxy groups -OCH3 is 1. The summed E-state index contributed by atoms with van der Waals surface area (Å²) in [7, 11) is 1.58. The smallest absolute Gasteiger partial charge is 0.294 e. The van der Waals surface area contributed by atoms with Crippen LogP contribution in [0.4, 0.5) is 14.9 Å². The number of rotatable bonds is 6. The number of imide groups is 1. The van der Waals surface area contributed by atoms with Gasteiger partial charge in [0.1, 0.15) is 18.1 Å². The largest absolute Gasteiger partial charge is 0.497 e. The van der Waals surface area contributed by atoms with E-state index in [0.717, 1.165) is 34.0 Å². The van der Waals surface area contributed by atoms with Gasteiger partial charge in [0.2, 0.25) is 5.91 Å². The maximum absolute atomic E-state index is 13.2. The van der Waals surface area contributed by atoms with E-state index in [-0.39, 0.29) is 10.6 Å². The Balaban J connectivity index is 1.61. The minimum Gasteiger partial charge on any atom is -0.497 e. The number of allylic oxidation sites excluding steroid dienone is 2. The zero-order chi connectivity index (χ0) is 20.8. The molecule has 2 aromatic rings. The van der Waals surface area contributed by atoms with Crippen molar-refractivity contribution >= 4 is 40.6 Å². The number of carbonyl (C=O) groups is 3. The third kappa shape index (κ3) is 5.32. The van der Waals surface area contributed by atoms with E-state index in [0.29, 0.717) is 0 Å². The van der Waals surface area contributed by atoms with Crippen molar-refractivity contribution in [3.05, 3.63) is 77.0 Å². The second kappa shape index (κ2) is 9.20. The minimum absolute atomic E-state index is 0.221. The molecule has 0 radical (unpaired) electrons. The van der Waals surface area contributed by atoms with Crippen molar-refractivity contribution in [1.82, 2.24) is 4.90 Å². The van der Waals surface area contributed by atoms with Crippen LogP contribution in [0, 0.1) is 5.82 Å². The molecule has 0 unspecified atom stereocenters. The zero-order valence-corrected chi connectivity index (χ0v) is 16.2. The molecule has 1 fully saturated rings. The summed E-state index contributed by atoms with van der Waals surface area (Å²) in [4.78, 5) is 37.7. The average Bonchev–Trinajstić information content (AvgIpc) is 2.96. The van der Waals surface area contributed by atoms with Crippen LogP contribution in [0.3, 0.4) is 0 Å². The summed E-state index contributed by atoms with van der Waals surface area (Å²) in [6.45, 7) is -0.444. The van der Waals surface area contributed by atoms with Gasteiger partial charge in [-0.1, -0.05) is 30.4 Å². The van der Waals surface area contributed by atoms with Crippen molar-refractivity contribution in [3.8, 4) is 5.75 Å². The van der Waals surface area contributed by atoms with Crippen molar-refractivity contribution in [2.24, 2.45) is 0 Å². The number of benzene rings is 2. The Kier molecular flexibility index (Phi) is 6.46. The van der Waals surface area contributed by atoms with E-state index < -0.39 is 29.4 Å². The molecule has 1 aliphatic rings. The molecule has 1 heterocycles. The summed E-state index contributed by atoms with van der Waals surface area (Å²) in [5, 5.41) is 1.93. The van der Waals surface area contributed by atoms with Crippen LogP contribution < -0.4 is 10.1 Å². The molecule has 148 valence electrons. The summed E-state index contributed by atoms with van der Waals surface area (Å²) in [5.41, 5.74) is 1.15. The molecule has 3 amide bonds. The van der Waals surface area contributed by atoms with Crippen molar-refractivity contribution < 1.29 is 23.5 Å². The highest BCUT2D eigenvalue weighted by atomic mass is 32.2. The fourth-order valence-electron chi connectivity index (χ4n) is 2.52. The number of hydrogen-bond acceptors (Lipinski definition) is 5. The van der Waals surface area contributed by atoms with E-state index in [2.05, 4.69) is 5.32 Å². The fraction of sp³-hybridized carbons (Fsp3) is 0.0952. The molecular weight excluding hydrogens is 395 g/mol. The predicted octanol–water partition coefficient (Wildman–Crippen LogP) is 4.07. The molecule has 0 aliphatic carbocycles. The first-order chi connectivity index (χ1) is 14.0. The molecule has 1 saturated heterocycles. The van der Waals surface area contributed by atoms with Gasteiger partial charge in [-0.15, -0.1) is 0 Å². The van der Waals surface area contributed by atoms with Crippen LogP contribution in [-0.2, 0) is 9.59 Å². The number of thioether (sulfide) groups is 1. The molecular formula is C21H17FN2O4S. The Morgan fingerprint density at radius 2 is 1.97 bits per heavy atom. The summed E-state index contributed by atoms with van der Waals surface area (Å²) in [6, 6.07) is 12.7. The summed E-state index contributed by atoms with van der Waals surface area (Å²) < 4.78 is 18.3. The van der Waals surface area contributed by atoms with Gasteiger partial charge in [0, 0.05) is 5.69 Å². The lowest BCUT2D eigenvalue weighted by Crippen LogP contribution is -2.36. The van der Waals surface area contributed by atoms with Crippen LogP contribution in [-0.4, -0.2) is 35.6 Å². The minimum atomic E-state index is -0.590. The van der Waals surface area contributed by atoms with Crippen LogP contribution in [0.5, 0.6) is 5.75 Å². The molecule has 29 heavy (non-hydrogen) atoms. The van der Waals surface area contributed by atoms with Gasteiger partial charge in [-0.25, -0.2) is 4.39 Å². The molecule has 6 nitrogen and oxygen atoms in total. The quantitative estimate of drug-likeness (QED) is 0.724. The molecule has 3 rings (SSSR count). The summed E-state index contributed by atoms with van der Waals surface area (Å²) >= 11 is 0.761. The third-order valence-corrected chi connectivity index (χ3v) is 4.86. The van der Waals surface area contributed by atoms with Gasteiger partial charge in [0.05, 0.1) is 12.0 Å². The van der Waals surface area contributed by atoms with Gasteiger partial charge in [-0.05, 0) is 53.7 Å². The number of ether oxygens (including phenoxy) is 1. The van der Waals surface area contributed by atoms with E-state index in [9.17, 15) is 18.8 Å². The number of anilines is 1. The van der Waals surface area contributed by atoms with Crippen molar-refractivity contribution in [2.45, 2.75) is 0 Å². The Hall–Kier alpha value is -3.39. The highest BCUT2D eigenvalue weighted by Gasteiger charge is 2.35. The predicted molar refractivity (Wildman–Crippen MR) is 110 cm³/mol. The summed E-state index contributed by atoms with van der Waals surface area (Å²) in [6.07, 6.45) is 4.97. The first kappa shape index (κ1) is 20.3. The van der Waals surface area contributed by atoms with Crippen LogP contribution >= 0.6 is 11.8 Å². The first-order valence-corrected chi connectivity index (χ1v) is 9.39. The Morgan fingerprint density at radius 1 is 1.21 bits per heavy atom. The number of hydrogen-bond donors (Lipinski definition) is 1. The molecule has 0 spiro atoms. The van der Waals surface area contributed by atoms with Crippen molar-refractivity contribution in [1.29, 1.82) is 0 Å². The molecule has 0 aromatic heterocycles. The Labute approximate surface area is 171 Å². The molecule has 1 N–H and O–H groups in total. The van der Waals surface area contributed by atoms with E-state index >= 15 is 0 Å². The van der Waals surface area contributed by atoms with E-state index in [1.54, 1.807) is 19.3 Å². The SMILES string of the molecule is COc1ccc(/C=C/C=C2/SC(=O)N(CC(=O)Nc3cccc(F)c3)C2=O)cc1. The van der Waals surface area contributed by atoms with Gasteiger partial charge >= 0.3 is 0 Å². The molecule has 0 saturated carbocycles. The first-order valence-electron chi connectivity index (χ1n) is 8.58. The van der Waals surface area contributed by atoms with Crippen LogP contribution in [0.25, 0.3) is 6.08 Å². The van der Waals surface area contributed by atoms with E-state index in [4.69, 9.17) is 4.74 Å². The van der Waals surface area contributed by atoms with Crippen LogP contribution in [0.1, 0.15) is 5.56 Å². The van der Waals surface area contributed by atoms with Crippen molar-refractivity contribution in [2.75, 3.05) is 19.0 Å². The maximum Gasteiger partial charge on any atom is 0.294 e. The second-order valence-electron chi connectivity index (χ2n) is 5.98. The normalized spacial score (nSPS) is 15.4. The summed E-state index contributed by atoms with van der Waals surface area (Å²) in [5.74, 6) is -0.901. The molecule has 8 heteroatoms. The fourth-order valence-corrected chi connectivity index (χ4v) is 3.31. The van der Waals surface area contributed by atoms with E-state index in [1.165, 1.54) is 24.3 Å². The zero-order valence-electron chi connectivity index (χ0n) is 15.4. The molecule has 0 atom stereocenters. The van der Waals surface area contributed by atoms with Crippen LogP contribution in [0.15, 0.2) is 65.6 Å². The lowest BCUT2D eigenvalue weighted by molar-refractivity contribution is -0.127. The topological polar surface area (TPSA) is 75.7 Å². The number of carbonyl (C=O) groups excluding carboxylic acids is 3. The highest BCUT2D eigenvalue weighted by molar-refractivity contribution is 8.18. The maximum atomic E-state index is 13.2. The lowest BCUT2D eigenvalue weighted by Gasteiger charge is -2.12.